The van der Waals surface area contributed by atoms with Gasteiger partial charge in [-0.05, 0) is 35.1 Å². The summed E-state index contributed by atoms with van der Waals surface area (Å²) in [6.45, 7) is 3.75. The van der Waals surface area contributed by atoms with Gasteiger partial charge in [0.05, 0.1) is 0 Å². The Labute approximate surface area is 188 Å². The molecule has 7 nitrogen and oxygen atoms in total. The first kappa shape index (κ1) is 23.3. The molecule has 170 valence electrons. The molecule has 2 aromatic rings. The fourth-order valence-corrected chi connectivity index (χ4v) is 4.34. The van der Waals surface area contributed by atoms with E-state index in [-0.39, 0.29) is 18.9 Å². The Bertz CT molecular complexity index is 944. The molecule has 0 aromatic heterocycles. The first-order chi connectivity index (χ1) is 15.4. The van der Waals surface area contributed by atoms with Crippen molar-refractivity contribution >= 4 is 18.0 Å². The zero-order chi connectivity index (χ0) is 23.3. The van der Waals surface area contributed by atoms with Crippen LogP contribution >= 0.6 is 0 Å². The van der Waals surface area contributed by atoms with Crippen LogP contribution in [-0.2, 0) is 14.3 Å². The van der Waals surface area contributed by atoms with Gasteiger partial charge in [0, 0.05) is 13.0 Å². The van der Waals surface area contributed by atoms with E-state index in [9.17, 15) is 19.5 Å². The van der Waals surface area contributed by atoms with Gasteiger partial charge in [-0.15, -0.1) is 0 Å². The Morgan fingerprint density at radius 1 is 1.03 bits per heavy atom. The van der Waals surface area contributed by atoms with Crippen LogP contribution in [0.3, 0.4) is 0 Å². The smallest absolute Gasteiger partial charge is 0.407 e. The summed E-state index contributed by atoms with van der Waals surface area (Å²) in [5.74, 6) is -1.58. The predicted octanol–water partition coefficient (Wildman–Crippen LogP) is 4.02. The zero-order valence-electron chi connectivity index (χ0n) is 18.7. The standard InChI is InChI=1S/C25H30N2O5/c1-4-10-21(23(28)27(3)22(5-2)24(29)30)26-25(31)32-15-20-18-13-8-6-11-16(18)17-12-7-9-14-19(17)20/h6-9,11-14,20-22H,4-5,10,15H2,1-3H3,(H,26,31)(H,29,30)/t21-,22?/m1/s1. The molecule has 1 aliphatic rings. The second-order valence-electron chi connectivity index (χ2n) is 8.02. The topological polar surface area (TPSA) is 95.9 Å². The molecular weight excluding hydrogens is 408 g/mol. The van der Waals surface area contributed by atoms with Crippen LogP contribution in [0.15, 0.2) is 48.5 Å². The van der Waals surface area contributed by atoms with Gasteiger partial charge in [0.15, 0.2) is 0 Å². The number of nitrogens with one attached hydrogen (secondary N) is 1. The lowest BCUT2D eigenvalue weighted by Gasteiger charge is -2.28. The highest BCUT2D eigenvalue weighted by atomic mass is 16.5. The number of fused-ring (bicyclic) bond motifs is 3. The van der Waals surface area contributed by atoms with E-state index in [4.69, 9.17) is 4.74 Å². The fourth-order valence-electron chi connectivity index (χ4n) is 4.34. The third kappa shape index (κ3) is 4.77. The third-order valence-corrected chi connectivity index (χ3v) is 6.00. The molecule has 2 amide bonds. The Morgan fingerprint density at radius 3 is 2.09 bits per heavy atom. The third-order valence-electron chi connectivity index (χ3n) is 6.00. The normalized spacial score (nSPS) is 14.1. The summed E-state index contributed by atoms with van der Waals surface area (Å²) in [6, 6.07) is 14.3. The average Bonchev–Trinajstić information content (AvgIpc) is 3.11. The van der Waals surface area contributed by atoms with Crippen LogP contribution in [0.4, 0.5) is 4.79 Å². The van der Waals surface area contributed by atoms with Crippen LogP contribution in [-0.4, -0.2) is 53.7 Å². The molecule has 32 heavy (non-hydrogen) atoms. The number of rotatable bonds is 9. The number of aliphatic carboxylic acids is 1. The number of ether oxygens (including phenoxy) is 1. The zero-order valence-corrected chi connectivity index (χ0v) is 18.7. The largest absolute Gasteiger partial charge is 0.480 e. The Balaban J connectivity index is 1.68. The van der Waals surface area contributed by atoms with E-state index < -0.39 is 30.1 Å². The summed E-state index contributed by atoms with van der Waals surface area (Å²) >= 11 is 0. The number of hydrogen-bond donors (Lipinski definition) is 2. The number of nitrogens with zero attached hydrogens (tertiary/aromatic N) is 1. The summed E-state index contributed by atoms with van der Waals surface area (Å²) in [7, 11) is 1.45. The summed E-state index contributed by atoms with van der Waals surface area (Å²) in [6.07, 6.45) is 0.637. The summed E-state index contributed by atoms with van der Waals surface area (Å²) in [4.78, 5) is 38.1. The van der Waals surface area contributed by atoms with Crippen molar-refractivity contribution in [2.45, 2.75) is 51.1 Å². The highest BCUT2D eigenvalue weighted by Crippen LogP contribution is 2.44. The second-order valence-corrected chi connectivity index (χ2v) is 8.02. The van der Waals surface area contributed by atoms with E-state index in [0.717, 1.165) is 22.3 Å². The molecule has 2 atom stereocenters. The number of benzene rings is 2. The lowest BCUT2D eigenvalue weighted by Crippen LogP contribution is -2.52. The molecule has 2 N–H and O–H groups in total. The number of carbonyl (C=O) groups excluding carboxylic acids is 2. The first-order valence-electron chi connectivity index (χ1n) is 11.0. The SMILES string of the molecule is CCC[C@@H](NC(=O)OCC1c2ccccc2-c2ccccc21)C(=O)N(C)C(CC)C(=O)O. The number of hydrogen-bond acceptors (Lipinski definition) is 4. The molecular formula is C25H30N2O5. The highest BCUT2D eigenvalue weighted by Gasteiger charge is 2.32. The van der Waals surface area contributed by atoms with Crippen molar-refractivity contribution in [2.75, 3.05) is 13.7 Å². The van der Waals surface area contributed by atoms with Gasteiger partial charge >= 0.3 is 12.1 Å². The van der Waals surface area contributed by atoms with Crippen LogP contribution in [0.25, 0.3) is 11.1 Å². The molecule has 0 spiro atoms. The molecule has 1 unspecified atom stereocenters. The van der Waals surface area contributed by atoms with Gasteiger partial charge in [0.1, 0.15) is 18.7 Å². The van der Waals surface area contributed by atoms with E-state index in [1.807, 2.05) is 43.3 Å². The molecule has 2 aromatic carbocycles. The lowest BCUT2D eigenvalue weighted by molar-refractivity contribution is -0.150. The Kier molecular flexibility index (Phi) is 7.51. The molecule has 0 heterocycles. The van der Waals surface area contributed by atoms with E-state index >= 15 is 0 Å². The minimum Gasteiger partial charge on any atom is -0.480 e. The van der Waals surface area contributed by atoms with Gasteiger partial charge in [-0.2, -0.15) is 0 Å². The van der Waals surface area contributed by atoms with Gasteiger partial charge in [-0.3, -0.25) is 4.79 Å². The number of alkyl carbamates (subject to hydrolysis) is 1. The van der Waals surface area contributed by atoms with E-state index in [0.29, 0.717) is 12.8 Å². The van der Waals surface area contributed by atoms with E-state index in [2.05, 4.69) is 17.4 Å². The maximum atomic E-state index is 12.9. The number of likely N-dealkylation sites (N-methyl/N-ethyl adjacent to an activating group) is 1. The number of carboxylic acids is 1. The minimum atomic E-state index is -1.07. The van der Waals surface area contributed by atoms with Crippen molar-refractivity contribution < 1.29 is 24.2 Å². The second kappa shape index (κ2) is 10.3. The lowest BCUT2D eigenvalue weighted by atomic mass is 9.98. The summed E-state index contributed by atoms with van der Waals surface area (Å²) in [5, 5.41) is 12.0. The van der Waals surface area contributed by atoms with Crippen molar-refractivity contribution in [3.8, 4) is 11.1 Å². The summed E-state index contributed by atoms with van der Waals surface area (Å²) < 4.78 is 5.54. The van der Waals surface area contributed by atoms with Crippen molar-refractivity contribution in [1.29, 1.82) is 0 Å². The highest BCUT2D eigenvalue weighted by molar-refractivity contribution is 5.89. The van der Waals surface area contributed by atoms with Gasteiger partial charge in [0.25, 0.3) is 0 Å². The minimum absolute atomic E-state index is 0.0763. The van der Waals surface area contributed by atoms with Gasteiger partial charge in [-0.25, -0.2) is 9.59 Å². The number of carbonyl (C=O) groups is 3. The van der Waals surface area contributed by atoms with Crippen molar-refractivity contribution in [3.05, 3.63) is 59.7 Å². The molecule has 0 saturated carbocycles. The van der Waals surface area contributed by atoms with E-state index in [1.54, 1.807) is 6.92 Å². The van der Waals surface area contributed by atoms with Gasteiger partial charge < -0.3 is 20.1 Å². The van der Waals surface area contributed by atoms with Gasteiger partial charge in [-0.1, -0.05) is 68.8 Å². The van der Waals surface area contributed by atoms with Crippen molar-refractivity contribution in [3.63, 3.8) is 0 Å². The molecule has 0 radical (unpaired) electrons. The van der Waals surface area contributed by atoms with Crippen LogP contribution in [0.1, 0.15) is 50.2 Å². The van der Waals surface area contributed by atoms with Crippen LogP contribution in [0, 0.1) is 0 Å². The first-order valence-corrected chi connectivity index (χ1v) is 11.0. The quantitative estimate of drug-likeness (QED) is 0.617. The maximum absolute atomic E-state index is 12.9. The molecule has 0 saturated heterocycles. The molecule has 7 heteroatoms. The molecule has 1 aliphatic carbocycles. The monoisotopic (exact) mass is 438 g/mol. The van der Waals surface area contributed by atoms with Crippen LogP contribution < -0.4 is 5.32 Å². The predicted molar refractivity (Wildman–Crippen MR) is 121 cm³/mol. The molecule has 0 fully saturated rings. The Morgan fingerprint density at radius 2 is 1.59 bits per heavy atom. The average molecular weight is 439 g/mol. The molecule has 0 bridgehead atoms. The van der Waals surface area contributed by atoms with Crippen molar-refractivity contribution in [2.24, 2.45) is 0 Å². The number of carboxylic acid groups (broad SMARTS) is 1. The summed E-state index contributed by atoms with van der Waals surface area (Å²) in [5.41, 5.74) is 4.48. The molecule has 0 aliphatic heterocycles. The van der Waals surface area contributed by atoms with Crippen LogP contribution in [0.2, 0.25) is 0 Å². The number of amides is 2. The molecule has 3 rings (SSSR count). The Hall–Kier alpha value is -3.35. The van der Waals surface area contributed by atoms with E-state index in [1.165, 1.54) is 11.9 Å². The fraction of sp³-hybridized carbons (Fsp3) is 0.400. The van der Waals surface area contributed by atoms with Crippen molar-refractivity contribution in [1.82, 2.24) is 10.2 Å². The maximum Gasteiger partial charge on any atom is 0.407 e. The van der Waals surface area contributed by atoms with Crippen LogP contribution in [0.5, 0.6) is 0 Å². The van der Waals surface area contributed by atoms with Gasteiger partial charge in [0.2, 0.25) is 5.91 Å².